The van der Waals surface area contributed by atoms with Crippen LogP contribution >= 0.6 is 0 Å². The third kappa shape index (κ3) is 3.61. The number of morpholine rings is 1. The predicted molar refractivity (Wildman–Crippen MR) is 71.5 cm³/mol. The van der Waals surface area contributed by atoms with Crippen molar-refractivity contribution in [2.45, 2.75) is 45.6 Å². The molecule has 1 saturated heterocycles. The maximum atomic E-state index is 12.1. The van der Waals surface area contributed by atoms with Crippen LogP contribution in [0.1, 0.15) is 39.5 Å². The number of hydrogen-bond donors (Lipinski definition) is 1. The first kappa shape index (κ1) is 13.7. The fourth-order valence-corrected chi connectivity index (χ4v) is 3.00. The van der Waals surface area contributed by atoms with Gasteiger partial charge in [-0.3, -0.25) is 0 Å². The molecule has 1 heterocycles. The molecule has 1 N–H and O–H groups in total. The molecule has 1 saturated carbocycles. The summed E-state index contributed by atoms with van der Waals surface area (Å²) in [6.07, 6.45) is 4.85. The van der Waals surface area contributed by atoms with Crippen LogP contribution in [0, 0.1) is 11.8 Å². The maximum absolute atomic E-state index is 12.1. The lowest BCUT2D eigenvalue weighted by molar-refractivity contribution is 0.0517. The summed E-state index contributed by atoms with van der Waals surface area (Å²) >= 11 is 0. The lowest BCUT2D eigenvalue weighted by Crippen LogP contribution is -2.50. The van der Waals surface area contributed by atoms with Gasteiger partial charge in [0.2, 0.25) is 0 Å². The largest absolute Gasteiger partial charge is 0.378 e. The number of urea groups is 1. The zero-order valence-electron chi connectivity index (χ0n) is 11.7. The Bertz CT molecular complexity index is 275. The molecule has 2 amide bonds. The van der Waals surface area contributed by atoms with Crippen molar-refractivity contribution in [2.24, 2.45) is 11.8 Å². The van der Waals surface area contributed by atoms with Crippen molar-refractivity contribution in [2.75, 3.05) is 26.3 Å². The standard InChI is InChI=1S/C14H26N2O2/c1-11(2)12-4-3-5-13(10-12)15-14(17)16-6-8-18-9-7-16/h11-13H,3-10H2,1-2H3,(H,15,17)/t12-,13+/m0/s1. The van der Waals surface area contributed by atoms with E-state index in [-0.39, 0.29) is 6.03 Å². The Labute approximate surface area is 110 Å². The molecule has 0 bridgehead atoms. The van der Waals surface area contributed by atoms with Crippen LogP contribution in [0.3, 0.4) is 0 Å². The molecule has 2 fully saturated rings. The Hall–Kier alpha value is -0.770. The first-order chi connectivity index (χ1) is 8.66. The highest BCUT2D eigenvalue weighted by atomic mass is 16.5. The second-order valence-electron chi connectivity index (χ2n) is 5.92. The SMILES string of the molecule is CC(C)[C@H]1CCC[C@@H](NC(=O)N2CCOCC2)C1. The van der Waals surface area contributed by atoms with Gasteiger partial charge in [0, 0.05) is 19.1 Å². The zero-order valence-corrected chi connectivity index (χ0v) is 11.7. The van der Waals surface area contributed by atoms with Crippen molar-refractivity contribution in [1.29, 1.82) is 0 Å². The lowest BCUT2D eigenvalue weighted by atomic mass is 9.79. The summed E-state index contributed by atoms with van der Waals surface area (Å²) in [5, 5.41) is 3.20. The summed E-state index contributed by atoms with van der Waals surface area (Å²) in [5.41, 5.74) is 0. The van der Waals surface area contributed by atoms with Crippen LogP contribution in [0.15, 0.2) is 0 Å². The van der Waals surface area contributed by atoms with E-state index in [1.807, 2.05) is 4.90 Å². The summed E-state index contributed by atoms with van der Waals surface area (Å²) in [4.78, 5) is 14.0. The number of nitrogens with zero attached hydrogens (tertiary/aromatic N) is 1. The van der Waals surface area contributed by atoms with E-state index in [0.29, 0.717) is 19.3 Å². The molecule has 104 valence electrons. The molecule has 4 heteroatoms. The number of hydrogen-bond acceptors (Lipinski definition) is 2. The van der Waals surface area contributed by atoms with Gasteiger partial charge in [-0.1, -0.05) is 26.7 Å². The van der Waals surface area contributed by atoms with Gasteiger partial charge in [-0.05, 0) is 24.7 Å². The van der Waals surface area contributed by atoms with Crippen LogP contribution in [0.5, 0.6) is 0 Å². The molecule has 0 radical (unpaired) electrons. The molecule has 18 heavy (non-hydrogen) atoms. The summed E-state index contributed by atoms with van der Waals surface area (Å²) < 4.78 is 5.27. The monoisotopic (exact) mass is 254 g/mol. The van der Waals surface area contributed by atoms with Gasteiger partial charge in [0.25, 0.3) is 0 Å². The molecule has 1 aliphatic carbocycles. The highest BCUT2D eigenvalue weighted by molar-refractivity contribution is 5.74. The van der Waals surface area contributed by atoms with Gasteiger partial charge in [-0.2, -0.15) is 0 Å². The van der Waals surface area contributed by atoms with E-state index < -0.39 is 0 Å². The van der Waals surface area contributed by atoms with E-state index in [1.165, 1.54) is 12.8 Å². The first-order valence-corrected chi connectivity index (χ1v) is 7.30. The van der Waals surface area contributed by atoms with E-state index in [0.717, 1.165) is 37.8 Å². The lowest BCUT2D eigenvalue weighted by Gasteiger charge is -2.34. The smallest absolute Gasteiger partial charge is 0.317 e. The van der Waals surface area contributed by atoms with Crippen LogP contribution in [0.4, 0.5) is 4.79 Å². The van der Waals surface area contributed by atoms with Gasteiger partial charge in [-0.25, -0.2) is 4.79 Å². The van der Waals surface area contributed by atoms with Crippen LogP contribution in [0.2, 0.25) is 0 Å². The van der Waals surface area contributed by atoms with Gasteiger partial charge < -0.3 is 15.0 Å². The van der Waals surface area contributed by atoms with Crippen molar-refractivity contribution < 1.29 is 9.53 Å². The topological polar surface area (TPSA) is 41.6 Å². The molecule has 0 aromatic carbocycles. The molecule has 2 atom stereocenters. The molecule has 2 rings (SSSR count). The Morgan fingerprint density at radius 3 is 2.67 bits per heavy atom. The number of carbonyl (C=O) groups excluding carboxylic acids is 1. The van der Waals surface area contributed by atoms with E-state index >= 15 is 0 Å². The van der Waals surface area contributed by atoms with Gasteiger partial charge in [0.1, 0.15) is 0 Å². The Kier molecular flexibility index (Phi) is 4.87. The summed E-state index contributed by atoms with van der Waals surface area (Å²) in [7, 11) is 0. The maximum Gasteiger partial charge on any atom is 0.317 e. The molecule has 0 unspecified atom stereocenters. The van der Waals surface area contributed by atoms with E-state index in [1.54, 1.807) is 0 Å². The molecule has 4 nitrogen and oxygen atoms in total. The highest BCUT2D eigenvalue weighted by Crippen LogP contribution is 2.29. The second-order valence-corrected chi connectivity index (χ2v) is 5.92. The molecular weight excluding hydrogens is 228 g/mol. The minimum Gasteiger partial charge on any atom is -0.378 e. The summed E-state index contributed by atoms with van der Waals surface area (Å²) in [6, 6.07) is 0.481. The number of nitrogens with one attached hydrogen (secondary N) is 1. The normalized spacial score (nSPS) is 29.4. The number of ether oxygens (including phenoxy) is 1. The fraction of sp³-hybridized carbons (Fsp3) is 0.929. The minimum absolute atomic E-state index is 0.104. The molecule has 0 aromatic heterocycles. The van der Waals surface area contributed by atoms with Crippen LogP contribution < -0.4 is 5.32 Å². The van der Waals surface area contributed by atoms with E-state index in [9.17, 15) is 4.79 Å². The Morgan fingerprint density at radius 1 is 1.28 bits per heavy atom. The average Bonchev–Trinajstić information content (AvgIpc) is 2.40. The van der Waals surface area contributed by atoms with Crippen molar-refractivity contribution in [3.63, 3.8) is 0 Å². The molecular formula is C14H26N2O2. The van der Waals surface area contributed by atoms with E-state index in [2.05, 4.69) is 19.2 Å². The van der Waals surface area contributed by atoms with Crippen LogP contribution in [-0.4, -0.2) is 43.3 Å². The minimum atomic E-state index is 0.104. The number of rotatable bonds is 2. The van der Waals surface area contributed by atoms with Crippen LogP contribution in [-0.2, 0) is 4.74 Å². The zero-order chi connectivity index (χ0) is 13.0. The van der Waals surface area contributed by atoms with Gasteiger partial charge >= 0.3 is 6.03 Å². The predicted octanol–water partition coefficient (Wildman–Crippen LogP) is 2.24. The second kappa shape index (κ2) is 6.41. The quantitative estimate of drug-likeness (QED) is 0.821. The highest BCUT2D eigenvalue weighted by Gasteiger charge is 2.26. The first-order valence-electron chi connectivity index (χ1n) is 7.30. The van der Waals surface area contributed by atoms with Crippen molar-refractivity contribution in [1.82, 2.24) is 10.2 Å². The van der Waals surface area contributed by atoms with Gasteiger partial charge in [0.15, 0.2) is 0 Å². The number of carbonyl (C=O) groups is 1. The Morgan fingerprint density at radius 2 is 2.00 bits per heavy atom. The van der Waals surface area contributed by atoms with Gasteiger partial charge in [-0.15, -0.1) is 0 Å². The van der Waals surface area contributed by atoms with Crippen LogP contribution in [0.25, 0.3) is 0 Å². The fourth-order valence-electron chi connectivity index (χ4n) is 3.00. The summed E-state index contributed by atoms with van der Waals surface area (Å²) in [5.74, 6) is 1.50. The summed E-state index contributed by atoms with van der Waals surface area (Å²) in [6.45, 7) is 7.38. The molecule has 2 aliphatic rings. The number of amides is 2. The molecule has 0 aromatic rings. The Balaban J connectivity index is 1.79. The third-order valence-corrected chi connectivity index (χ3v) is 4.28. The molecule has 1 aliphatic heterocycles. The third-order valence-electron chi connectivity index (χ3n) is 4.28. The van der Waals surface area contributed by atoms with Crippen molar-refractivity contribution in [3.8, 4) is 0 Å². The van der Waals surface area contributed by atoms with Crippen molar-refractivity contribution in [3.05, 3.63) is 0 Å². The van der Waals surface area contributed by atoms with E-state index in [4.69, 9.17) is 4.74 Å². The average molecular weight is 254 g/mol. The van der Waals surface area contributed by atoms with Crippen molar-refractivity contribution >= 4 is 6.03 Å². The van der Waals surface area contributed by atoms with Gasteiger partial charge in [0.05, 0.1) is 13.2 Å². The molecule has 0 spiro atoms.